The van der Waals surface area contributed by atoms with E-state index in [4.69, 9.17) is 0 Å². The first-order valence-electron chi connectivity index (χ1n) is 10.3. The molecule has 0 aromatic heterocycles. The Morgan fingerprint density at radius 2 is 1.00 bits per heavy atom. The molecule has 2 aromatic carbocycles. The van der Waals surface area contributed by atoms with E-state index >= 15 is 0 Å². The van der Waals surface area contributed by atoms with Crippen LogP contribution < -0.4 is 0 Å². The third-order valence-electron chi connectivity index (χ3n) is 6.85. The first-order valence-corrected chi connectivity index (χ1v) is 11.7. The second-order valence-electron chi connectivity index (χ2n) is 8.02. The smallest absolute Gasteiger partial charge is 0.0575 e. The molecule has 0 spiro atoms. The fourth-order valence-electron chi connectivity index (χ4n) is 5.04. The molecule has 0 heterocycles. The Morgan fingerprint density at radius 3 is 1.37 bits per heavy atom. The summed E-state index contributed by atoms with van der Waals surface area (Å²) in [5.41, 5.74) is 18.5. The van der Waals surface area contributed by atoms with Crippen molar-refractivity contribution < 1.29 is 0 Å². The van der Waals surface area contributed by atoms with Gasteiger partial charge in [0.15, 0.2) is 0 Å². The van der Waals surface area contributed by atoms with Crippen LogP contribution in [0.4, 0.5) is 0 Å². The topological polar surface area (TPSA) is 0 Å². The van der Waals surface area contributed by atoms with Crippen molar-refractivity contribution in [2.45, 2.75) is 54.4 Å². The second-order valence-corrected chi connectivity index (χ2v) is 9.79. The fraction of sp³-hybridized carbons (Fsp3) is 0.308. The van der Waals surface area contributed by atoms with Gasteiger partial charge in [-0.05, 0) is 85.1 Å². The van der Waals surface area contributed by atoms with Crippen LogP contribution in [0.15, 0.2) is 47.5 Å². The molecule has 0 aliphatic heterocycles. The maximum absolute atomic E-state index is 2.36. The van der Waals surface area contributed by atoms with Crippen molar-refractivity contribution in [1.29, 1.82) is 0 Å². The summed E-state index contributed by atoms with van der Waals surface area (Å²) in [4.78, 5) is 0. The zero-order valence-corrected chi connectivity index (χ0v) is 19.0. The minimum absolute atomic E-state index is 0.541. The third-order valence-corrected chi connectivity index (χ3v) is 9.38. The lowest BCUT2D eigenvalue weighted by Crippen LogP contribution is -2.18. The molecule has 0 saturated heterocycles. The molecular formula is C26H30Si. The Bertz CT molecular complexity index is 894. The van der Waals surface area contributed by atoms with Crippen LogP contribution in [0.5, 0.6) is 0 Å². The Labute approximate surface area is 167 Å². The number of rotatable bonds is 4. The highest BCUT2D eigenvalue weighted by Gasteiger charge is 2.36. The van der Waals surface area contributed by atoms with Crippen molar-refractivity contribution in [2.24, 2.45) is 0 Å². The van der Waals surface area contributed by atoms with E-state index in [1.165, 1.54) is 55.7 Å². The lowest BCUT2D eigenvalue weighted by atomic mass is 9.98. The minimum Gasteiger partial charge on any atom is -0.0617 e. The van der Waals surface area contributed by atoms with E-state index in [1.807, 2.05) is 0 Å². The van der Waals surface area contributed by atoms with Gasteiger partial charge in [-0.3, -0.25) is 0 Å². The molecule has 0 nitrogen and oxygen atoms in total. The van der Waals surface area contributed by atoms with Crippen LogP contribution in [-0.4, -0.2) is 9.52 Å². The Morgan fingerprint density at radius 1 is 0.593 bits per heavy atom. The van der Waals surface area contributed by atoms with Crippen molar-refractivity contribution >= 4 is 20.7 Å². The molecule has 2 aliphatic rings. The third kappa shape index (κ3) is 2.70. The molecule has 0 atom stereocenters. The SMILES string of the molecule is CCc1cccc2c1C(C)=C(C)[C]2[SiH2][C]1C(C)=C(C)c2c(CC)cccc21. The average molecular weight is 371 g/mol. The quantitative estimate of drug-likeness (QED) is 0.574. The molecule has 2 aromatic rings. The van der Waals surface area contributed by atoms with Crippen LogP contribution in [0.1, 0.15) is 74.9 Å². The monoisotopic (exact) mass is 370 g/mol. The molecule has 4 rings (SSSR count). The number of hydrogen-bond acceptors (Lipinski definition) is 0. The molecule has 0 N–H and O–H groups in total. The van der Waals surface area contributed by atoms with Crippen molar-refractivity contribution in [3.63, 3.8) is 0 Å². The van der Waals surface area contributed by atoms with Crippen LogP contribution in [0.25, 0.3) is 11.1 Å². The molecule has 0 bridgehead atoms. The van der Waals surface area contributed by atoms with E-state index in [1.54, 1.807) is 11.1 Å². The van der Waals surface area contributed by atoms with Crippen molar-refractivity contribution in [3.8, 4) is 0 Å². The van der Waals surface area contributed by atoms with Gasteiger partial charge in [-0.25, -0.2) is 0 Å². The Hall–Kier alpha value is -1.86. The highest BCUT2D eigenvalue weighted by atomic mass is 28.2. The van der Waals surface area contributed by atoms with E-state index in [9.17, 15) is 0 Å². The van der Waals surface area contributed by atoms with Crippen LogP contribution in [0, 0.1) is 11.1 Å². The predicted molar refractivity (Wildman–Crippen MR) is 121 cm³/mol. The first-order chi connectivity index (χ1) is 13.0. The van der Waals surface area contributed by atoms with Gasteiger partial charge in [0.05, 0.1) is 9.52 Å². The van der Waals surface area contributed by atoms with E-state index in [2.05, 4.69) is 77.9 Å². The minimum atomic E-state index is -0.541. The van der Waals surface area contributed by atoms with Crippen LogP contribution in [0.2, 0.25) is 0 Å². The number of aryl methyl sites for hydroxylation is 2. The molecule has 0 unspecified atom stereocenters. The van der Waals surface area contributed by atoms with Crippen molar-refractivity contribution in [1.82, 2.24) is 0 Å². The summed E-state index contributed by atoms with van der Waals surface area (Å²) in [6, 6.07) is 13.9. The lowest BCUT2D eigenvalue weighted by molar-refractivity contribution is 1.12. The van der Waals surface area contributed by atoms with E-state index in [0.717, 1.165) is 12.8 Å². The van der Waals surface area contributed by atoms with Crippen LogP contribution >= 0.6 is 0 Å². The van der Waals surface area contributed by atoms with E-state index < -0.39 is 9.52 Å². The maximum atomic E-state index is 2.36. The normalized spacial score (nSPS) is 17.1. The van der Waals surface area contributed by atoms with Crippen LogP contribution in [-0.2, 0) is 12.8 Å². The van der Waals surface area contributed by atoms with E-state index in [-0.39, 0.29) is 0 Å². The van der Waals surface area contributed by atoms with Gasteiger partial charge in [0.25, 0.3) is 0 Å². The summed E-state index contributed by atoms with van der Waals surface area (Å²) in [6.45, 7) is 13.9. The Balaban J connectivity index is 1.78. The summed E-state index contributed by atoms with van der Waals surface area (Å²) in [5.74, 6) is 0. The highest BCUT2D eigenvalue weighted by molar-refractivity contribution is 6.56. The predicted octanol–water partition coefficient (Wildman–Crippen LogP) is 6.05. The molecule has 1 heteroatoms. The summed E-state index contributed by atoms with van der Waals surface area (Å²) >= 11 is 0. The Kier molecular flexibility index (Phi) is 4.76. The van der Waals surface area contributed by atoms with Gasteiger partial charge in [-0.15, -0.1) is 0 Å². The summed E-state index contributed by atoms with van der Waals surface area (Å²) in [6.07, 6.45) is 2.22. The molecule has 0 saturated carbocycles. The van der Waals surface area contributed by atoms with Crippen molar-refractivity contribution in [3.05, 3.63) is 92.0 Å². The van der Waals surface area contributed by atoms with Gasteiger partial charge >= 0.3 is 0 Å². The first kappa shape index (κ1) is 18.5. The van der Waals surface area contributed by atoms with Crippen molar-refractivity contribution in [2.75, 3.05) is 0 Å². The summed E-state index contributed by atoms with van der Waals surface area (Å²) < 4.78 is 0. The lowest BCUT2D eigenvalue weighted by Gasteiger charge is -2.20. The molecule has 2 aliphatic carbocycles. The van der Waals surface area contributed by atoms with E-state index in [0.29, 0.717) is 0 Å². The van der Waals surface area contributed by atoms with Gasteiger partial charge in [-0.2, -0.15) is 0 Å². The van der Waals surface area contributed by atoms with Crippen LogP contribution in [0.3, 0.4) is 0 Å². The summed E-state index contributed by atoms with van der Waals surface area (Å²) in [7, 11) is -0.541. The zero-order valence-electron chi connectivity index (χ0n) is 17.6. The molecule has 0 fully saturated rings. The second kappa shape index (κ2) is 6.94. The molecule has 0 amide bonds. The maximum Gasteiger partial charge on any atom is 0.0575 e. The van der Waals surface area contributed by atoms with Gasteiger partial charge < -0.3 is 0 Å². The molecule has 138 valence electrons. The standard InChI is InChI=1S/C26H30Si/c1-7-19-11-9-13-21-23(19)15(3)17(5)25(21)27-26-18(6)16(4)24-20(8-2)12-10-14-22(24)26/h9-14H,7-8,27H2,1-6H3. The molecule has 27 heavy (non-hydrogen) atoms. The number of hydrogen-bond donors (Lipinski definition) is 0. The van der Waals surface area contributed by atoms with Gasteiger partial charge in [0.2, 0.25) is 0 Å². The van der Waals surface area contributed by atoms with Gasteiger partial charge in [0.1, 0.15) is 0 Å². The molecule has 2 radical (unpaired) electrons. The fourth-order valence-corrected chi connectivity index (χ4v) is 7.43. The van der Waals surface area contributed by atoms with Gasteiger partial charge in [-0.1, -0.05) is 61.4 Å². The van der Waals surface area contributed by atoms with Gasteiger partial charge in [0, 0.05) is 11.1 Å². The average Bonchev–Trinajstić information content (AvgIpc) is 3.08. The highest BCUT2D eigenvalue weighted by Crippen LogP contribution is 2.48. The number of benzene rings is 2. The largest absolute Gasteiger partial charge is 0.0617 e. The summed E-state index contributed by atoms with van der Waals surface area (Å²) in [5, 5.41) is 0. The molecular weight excluding hydrogens is 340 g/mol. The number of allylic oxidation sites excluding steroid dienone is 4. The number of fused-ring (bicyclic) bond motifs is 2. The zero-order chi connectivity index (χ0) is 19.3.